The molecule has 0 spiro atoms. The zero-order valence-corrected chi connectivity index (χ0v) is 11.8. The Labute approximate surface area is 124 Å². The van der Waals surface area contributed by atoms with Crippen LogP contribution in [0.3, 0.4) is 0 Å². The van der Waals surface area contributed by atoms with Crippen molar-refractivity contribution in [2.24, 2.45) is 5.73 Å². The SMILES string of the molecule is NCc1ccc(CC(=O)N[C@@H](CO)c2ccccc2)cc1. The quantitative estimate of drug-likeness (QED) is 0.753. The lowest BCUT2D eigenvalue weighted by Crippen LogP contribution is -2.31. The van der Waals surface area contributed by atoms with Gasteiger partial charge >= 0.3 is 0 Å². The maximum atomic E-state index is 12.1. The van der Waals surface area contributed by atoms with Crippen LogP contribution in [-0.2, 0) is 17.8 Å². The molecule has 4 N–H and O–H groups in total. The molecule has 110 valence electrons. The number of rotatable bonds is 6. The molecule has 0 unspecified atom stereocenters. The summed E-state index contributed by atoms with van der Waals surface area (Å²) in [6.07, 6.45) is 0.286. The van der Waals surface area contributed by atoms with Gasteiger partial charge in [0.2, 0.25) is 5.91 Å². The van der Waals surface area contributed by atoms with Crippen molar-refractivity contribution in [1.82, 2.24) is 5.32 Å². The number of carbonyl (C=O) groups is 1. The molecule has 0 saturated carbocycles. The Morgan fingerprint density at radius 3 is 2.24 bits per heavy atom. The summed E-state index contributed by atoms with van der Waals surface area (Å²) in [5.74, 6) is -0.113. The van der Waals surface area contributed by atoms with Crippen molar-refractivity contribution in [3.05, 3.63) is 71.3 Å². The van der Waals surface area contributed by atoms with Crippen molar-refractivity contribution in [2.45, 2.75) is 19.0 Å². The van der Waals surface area contributed by atoms with Gasteiger partial charge in [-0.2, -0.15) is 0 Å². The highest BCUT2D eigenvalue weighted by molar-refractivity contribution is 5.79. The maximum Gasteiger partial charge on any atom is 0.224 e. The van der Waals surface area contributed by atoms with E-state index in [9.17, 15) is 9.90 Å². The second-order valence-electron chi connectivity index (χ2n) is 4.91. The molecule has 1 atom stereocenters. The third-order valence-corrected chi connectivity index (χ3v) is 3.34. The molecule has 0 aliphatic rings. The van der Waals surface area contributed by atoms with E-state index in [0.29, 0.717) is 6.54 Å². The fraction of sp³-hybridized carbons (Fsp3) is 0.235. The summed E-state index contributed by atoms with van der Waals surface area (Å²) in [4.78, 5) is 12.1. The molecule has 0 aliphatic carbocycles. The van der Waals surface area contributed by atoms with Crippen LogP contribution >= 0.6 is 0 Å². The van der Waals surface area contributed by atoms with E-state index in [0.717, 1.165) is 16.7 Å². The number of aliphatic hydroxyl groups is 1. The first kappa shape index (κ1) is 15.2. The lowest BCUT2D eigenvalue weighted by Gasteiger charge is -2.16. The highest BCUT2D eigenvalue weighted by atomic mass is 16.3. The summed E-state index contributed by atoms with van der Waals surface area (Å²) in [7, 11) is 0. The number of aliphatic hydroxyl groups excluding tert-OH is 1. The summed E-state index contributed by atoms with van der Waals surface area (Å²) >= 11 is 0. The van der Waals surface area contributed by atoms with Gasteiger partial charge in [-0.05, 0) is 16.7 Å². The lowest BCUT2D eigenvalue weighted by atomic mass is 10.1. The monoisotopic (exact) mass is 284 g/mol. The molecule has 0 saturated heterocycles. The van der Waals surface area contributed by atoms with Gasteiger partial charge in [-0.25, -0.2) is 0 Å². The first-order valence-corrected chi connectivity index (χ1v) is 6.96. The zero-order chi connectivity index (χ0) is 15.1. The molecule has 4 heteroatoms. The van der Waals surface area contributed by atoms with Gasteiger partial charge in [-0.1, -0.05) is 54.6 Å². The van der Waals surface area contributed by atoms with Crippen molar-refractivity contribution in [3.63, 3.8) is 0 Å². The van der Waals surface area contributed by atoms with Crippen LogP contribution in [0.4, 0.5) is 0 Å². The largest absolute Gasteiger partial charge is 0.394 e. The van der Waals surface area contributed by atoms with Crippen LogP contribution in [0.1, 0.15) is 22.7 Å². The zero-order valence-electron chi connectivity index (χ0n) is 11.8. The molecule has 0 fully saturated rings. The van der Waals surface area contributed by atoms with Gasteiger partial charge in [0.25, 0.3) is 0 Å². The van der Waals surface area contributed by atoms with Gasteiger partial charge in [0.1, 0.15) is 0 Å². The maximum absolute atomic E-state index is 12.1. The molecule has 1 amide bonds. The van der Waals surface area contributed by atoms with Crippen LogP contribution in [0, 0.1) is 0 Å². The first-order valence-electron chi connectivity index (χ1n) is 6.96. The summed E-state index contributed by atoms with van der Waals surface area (Å²) < 4.78 is 0. The summed E-state index contributed by atoms with van der Waals surface area (Å²) in [5.41, 5.74) is 8.40. The van der Waals surface area contributed by atoms with Gasteiger partial charge in [0, 0.05) is 6.54 Å². The number of nitrogens with one attached hydrogen (secondary N) is 1. The Morgan fingerprint density at radius 2 is 1.67 bits per heavy atom. The predicted octanol–water partition coefficient (Wildman–Crippen LogP) is 1.54. The average Bonchev–Trinajstić information content (AvgIpc) is 2.54. The summed E-state index contributed by atoms with van der Waals surface area (Å²) in [6.45, 7) is 0.370. The van der Waals surface area contributed by atoms with Gasteiger partial charge < -0.3 is 16.2 Å². The van der Waals surface area contributed by atoms with E-state index in [2.05, 4.69) is 5.32 Å². The van der Waals surface area contributed by atoms with Crippen molar-refractivity contribution >= 4 is 5.91 Å². The van der Waals surface area contributed by atoms with E-state index in [1.807, 2.05) is 54.6 Å². The molecule has 0 aromatic heterocycles. The van der Waals surface area contributed by atoms with E-state index in [-0.39, 0.29) is 25.0 Å². The summed E-state index contributed by atoms with van der Waals surface area (Å²) in [6, 6.07) is 16.7. The second-order valence-corrected chi connectivity index (χ2v) is 4.91. The molecule has 0 aliphatic heterocycles. The Hall–Kier alpha value is -2.17. The second kappa shape index (κ2) is 7.57. The minimum atomic E-state index is -0.373. The van der Waals surface area contributed by atoms with E-state index >= 15 is 0 Å². The minimum Gasteiger partial charge on any atom is -0.394 e. The molecule has 21 heavy (non-hydrogen) atoms. The Morgan fingerprint density at radius 1 is 1.05 bits per heavy atom. The first-order chi connectivity index (χ1) is 10.2. The van der Waals surface area contributed by atoms with Crippen LogP contribution in [0.15, 0.2) is 54.6 Å². The highest BCUT2D eigenvalue weighted by Crippen LogP contribution is 2.12. The van der Waals surface area contributed by atoms with Crippen LogP contribution < -0.4 is 11.1 Å². The Kier molecular flexibility index (Phi) is 5.49. The molecule has 0 radical (unpaired) electrons. The smallest absolute Gasteiger partial charge is 0.224 e. The van der Waals surface area contributed by atoms with E-state index in [1.54, 1.807) is 0 Å². The third kappa shape index (κ3) is 4.41. The topological polar surface area (TPSA) is 75.4 Å². The molecule has 4 nitrogen and oxygen atoms in total. The average molecular weight is 284 g/mol. The molecule has 2 aromatic carbocycles. The number of carbonyl (C=O) groups excluding carboxylic acids is 1. The molecular formula is C17H20N2O2. The van der Waals surface area contributed by atoms with Crippen molar-refractivity contribution < 1.29 is 9.90 Å². The minimum absolute atomic E-state index is 0.113. The normalized spacial score (nSPS) is 11.9. The number of benzene rings is 2. The number of nitrogens with two attached hydrogens (primary N) is 1. The van der Waals surface area contributed by atoms with Crippen LogP contribution in [0.2, 0.25) is 0 Å². The third-order valence-electron chi connectivity index (χ3n) is 3.34. The number of hydrogen-bond acceptors (Lipinski definition) is 3. The van der Waals surface area contributed by atoms with Crippen molar-refractivity contribution in [1.29, 1.82) is 0 Å². The van der Waals surface area contributed by atoms with Crippen LogP contribution in [0.5, 0.6) is 0 Å². The molecule has 0 heterocycles. The van der Waals surface area contributed by atoms with Crippen LogP contribution in [-0.4, -0.2) is 17.6 Å². The fourth-order valence-corrected chi connectivity index (χ4v) is 2.14. The van der Waals surface area contributed by atoms with Crippen molar-refractivity contribution in [3.8, 4) is 0 Å². The Bertz CT molecular complexity index is 567. The van der Waals surface area contributed by atoms with Gasteiger partial charge in [-0.3, -0.25) is 4.79 Å². The van der Waals surface area contributed by atoms with Crippen LogP contribution in [0.25, 0.3) is 0 Å². The van der Waals surface area contributed by atoms with Gasteiger partial charge in [0.05, 0.1) is 19.1 Å². The molecule has 0 bridgehead atoms. The summed E-state index contributed by atoms with van der Waals surface area (Å²) in [5, 5.41) is 12.3. The predicted molar refractivity (Wildman–Crippen MR) is 82.4 cm³/mol. The van der Waals surface area contributed by atoms with Gasteiger partial charge in [-0.15, -0.1) is 0 Å². The highest BCUT2D eigenvalue weighted by Gasteiger charge is 2.13. The molecule has 2 rings (SSSR count). The standard InChI is InChI=1S/C17H20N2O2/c18-11-14-8-6-13(7-9-14)10-17(21)19-16(12-20)15-4-2-1-3-5-15/h1-9,16,20H,10-12,18H2,(H,19,21)/t16-/m0/s1. The van der Waals surface area contributed by atoms with Gasteiger partial charge in [0.15, 0.2) is 0 Å². The van der Waals surface area contributed by atoms with E-state index in [4.69, 9.17) is 5.73 Å². The van der Waals surface area contributed by atoms with E-state index in [1.165, 1.54) is 0 Å². The number of amides is 1. The van der Waals surface area contributed by atoms with E-state index < -0.39 is 0 Å². The number of hydrogen-bond donors (Lipinski definition) is 3. The molecule has 2 aromatic rings. The Balaban J connectivity index is 1.96. The lowest BCUT2D eigenvalue weighted by molar-refractivity contribution is -0.121. The van der Waals surface area contributed by atoms with Crippen molar-refractivity contribution in [2.75, 3.05) is 6.61 Å². The molecular weight excluding hydrogens is 264 g/mol. The fourth-order valence-electron chi connectivity index (χ4n) is 2.14.